The molecule has 0 bridgehead atoms. The number of piperazine rings is 1. The first-order valence-electron chi connectivity index (χ1n) is 11.1. The highest BCUT2D eigenvalue weighted by Crippen LogP contribution is 2.33. The number of nitrogens with one attached hydrogen (secondary N) is 1. The van der Waals surface area contributed by atoms with Gasteiger partial charge in [0.05, 0.1) is 12.8 Å². The van der Waals surface area contributed by atoms with E-state index in [1.165, 1.54) is 5.69 Å². The molecule has 3 rings (SSSR count). The van der Waals surface area contributed by atoms with E-state index in [0.29, 0.717) is 19.2 Å². The first-order chi connectivity index (χ1) is 13.9. The minimum atomic E-state index is 0.0508. The van der Waals surface area contributed by atoms with Crippen molar-refractivity contribution in [3.63, 3.8) is 0 Å². The fourth-order valence-corrected chi connectivity index (χ4v) is 4.50. The van der Waals surface area contributed by atoms with Gasteiger partial charge in [-0.2, -0.15) is 0 Å². The molecular formula is C24H37N3O2. The van der Waals surface area contributed by atoms with Crippen LogP contribution in [0.1, 0.15) is 53.4 Å². The maximum Gasteiger partial charge on any atom is 0.157 e. The van der Waals surface area contributed by atoms with Crippen molar-refractivity contribution >= 4 is 11.5 Å². The first kappa shape index (κ1) is 21.7. The minimum Gasteiger partial charge on any atom is -0.494 e. The standard InChI is InChI=1S/C24H37N3O2/c1-5-8-23(25-19-15-21(28)18-24(3,4)17-19)27-13-11-26(12-14-27)20-9-7-10-22(16-20)29-6-2/h7,9-10,15-16,23,25H,5-6,8,11-14,17-18H2,1-4H3. The van der Waals surface area contributed by atoms with Crippen molar-refractivity contribution in [3.8, 4) is 5.75 Å². The Hall–Kier alpha value is -2.01. The van der Waals surface area contributed by atoms with E-state index >= 15 is 0 Å². The summed E-state index contributed by atoms with van der Waals surface area (Å²) in [5.41, 5.74) is 2.39. The Kier molecular flexibility index (Phi) is 7.23. The molecule has 0 radical (unpaired) electrons. The number of benzene rings is 1. The fraction of sp³-hybridized carbons (Fsp3) is 0.625. The Balaban J connectivity index is 1.61. The molecule has 0 spiro atoms. The zero-order chi connectivity index (χ0) is 20.9. The molecule has 29 heavy (non-hydrogen) atoms. The maximum absolute atomic E-state index is 12.1. The van der Waals surface area contributed by atoms with Crippen molar-refractivity contribution in [2.75, 3.05) is 37.7 Å². The summed E-state index contributed by atoms with van der Waals surface area (Å²) >= 11 is 0. The summed E-state index contributed by atoms with van der Waals surface area (Å²) in [7, 11) is 0. The lowest BCUT2D eigenvalue weighted by Crippen LogP contribution is -2.55. The lowest BCUT2D eigenvalue weighted by Gasteiger charge is -2.42. The summed E-state index contributed by atoms with van der Waals surface area (Å²) in [5.74, 6) is 1.19. The van der Waals surface area contributed by atoms with E-state index in [1.54, 1.807) is 0 Å². The van der Waals surface area contributed by atoms with Crippen LogP contribution in [-0.2, 0) is 4.79 Å². The number of ketones is 1. The lowest BCUT2D eigenvalue weighted by atomic mass is 9.79. The van der Waals surface area contributed by atoms with E-state index in [0.717, 1.165) is 56.9 Å². The molecule has 1 heterocycles. The molecule has 5 heteroatoms. The van der Waals surface area contributed by atoms with Crippen LogP contribution in [0.25, 0.3) is 0 Å². The van der Waals surface area contributed by atoms with Crippen LogP contribution in [0.4, 0.5) is 5.69 Å². The second-order valence-electron chi connectivity index (χ2n) is 9.06. The Bertz CT molecular complexity index is 721. The van der Waals surface area contributed by atoms with Crippen molar-refractivity contribution in [3.05, 3.63) is 36.0 Å². The molecule has 1 unspecified atom stereocenters. The van der Waals surface area contributed by atoms with Gasteiger partial charge in [0.1, 0.15) is 5.75 Å². The minimum absolute atomic E-state index is 0.0508. The van der Waals surface area contributed by atoms with Gasteiger partial charge in [0.25, 0.3) is 0 Å². The van der Waals surface area contributed by atoms with Gasteiger partial charge in [0.2, 0.25) is 0 Å². The molecule has 1 fully saturated rings. The van der Waals surface area contributed by atoms with Crippen molar-refractivity contribution in [2.24, 2.45) is 5.41 Å². The second-order valence-corrected chi connectivity index (χ2v) is 9.06. The van der Waals surface area contributed by atoms with Gasteiger partial charge in [0, 0.05) is 56.1 Å². The van der Waals surface area contributed by atoms with Crippen LogP contribution in [0.5, 0.6) is 5.75 Å². The molecule has 2 aliphatic rings. The molecule has 1 aliphatic heterocycles. The molecule has 1 saturated heterocycles. The molecule has 0 aromatic heterocycles. The summed E-state index contributed by atoms with van der Waals surface area (Å²) < 4.78 is 5.66. The monoisotopic (exact) mass is 399 g/mol. The first-order valence-corrected chi connectivity index (χ1v) is 11.1. The fourth-order valence-electron chi connectivity index (χ4n) is 4.50. The van der Waals surface area contributed by atoms with Crippen LogP contribution in [0, 0.1) is 5.41 Å². The van der Waals surface area contributed by atoms with Crippen LogP contribution in [-0.4, -0.2) is 49.6 Å². The Morgan fingerprint density at radius 1 is 1.14 bits per heavy atom. The molecule has 0 saturated carbocycles. The van der Waals surface area contributed by atoms with Crippen molar-refractivity contribution in [1.29, 1.82) is 0 Å². The van der Waals surface area contributed by atoms with Gasteiger partial charge < -0.3 is 15.0 Å². The highest BCUT2D eigenvalue weighted by atomic mass is 16.5. The number of hydrogen-bond acceptors (Lipinski definition) is 5. The van der Waals surface area contributed by atoms with E-state index < -0.39 is 0 Å². The highest BCUT2D eigenvalue weighted by Gasteiger charge is 2.30. The number of rotatable bonds is 8. The third kappa shape index (κ3) is 5.99. The van der Waals surface area contributed by atoms with Crippen molar-refractivity contribution in [2.45, 2.75) is 59.5 Å². The van der Waals surface area contributed by atoms with Crippen LogP contribution < -0.4 is 15.0 Å². The number of carbonyl (C=O) groups excluding carboxylic acids is 1. The quantitative estimate of drug-likeness (QED) is 0.710. The molecule has 5 nitrogen and oxygen atoms in total. The molecule has 1 N–H and O–H groups in total. The lowest BCUT2D eigenvalue weighted by molar-refractivity contribution is -0.117. The largest absolute Gasteiger partial charge is 0.494 e. The molecule has 1 aromatic rings. The van der Waals surface area contributed by atoms with Crippen LogP contribution in [0.15, 0.2) is 36.0 Å². The average molecular weight is 400 g/mol. The van der Waals surface area contributed by atoms with Crippen LogP contribution in [0.3, 0.4) is 0 Å². The van der Waals surface area contributed by atoms with E-state index in [1.807, 2.05) is 19.1 Å². The van der Waals surface area contributed by atoms with E-state index in [4.69, 9.17) is 4.74 Å². The summed E-state index contributed by atoms with van der Waals surface area (Å²) in [6, 6.07) is 8.40. The van der Waals surface area contributed by atoms with Gasteiger partial charge in [-0.25, -0.2) is 0 Å². The maximum atomic E-state index is 12.1. The average Bonchev–Trinajstić information content (AvgIpc) is 2.67. The summed E-state index contributed by atoms with van der Waals surface area (Å²) in [4.78, 5) is 17.1. The number of nitrogens with zero attached hydrogens (tertiary/aromatic N) is 2. The van der Waals surface area contributed by atoms with Gasteiger partial charge in [-0.3, -0.25) is 9.69 Å². The SMILES string of the molecule is CCCC(NC1=CC(=O)CC(C)(C)C1)N1CCN(c2cccc(OCC)c2)CC1. The number of anilines is 1. The van der Waals surface area contributed by atoms with E-state index in [-0.39, 0.29) is 11.2 Å². The van der Waals surface area contributed by atoms with Crippen LogP contribution >= 0.6 is 0 Å². The molecule has 160 valence electrons. The number of allylic oxidation sites excluding steroid dienone is 2. The third-order valence-corrected chi connectivity index (χ3v) is 5.82. The molecule has 1 atom stereocenters. The Morgan fingerprint density at radius 2 is 1.90 bits per heavy atom. The van der Waals surface area contributed by atoms with Gasteiger partial charge >= 0.3 is 0 Å². The molecule has 1 aromatic carbocycles. The third-order valence-electron chi connectivity index (χ3n) is 5.82. The van der Waals surface area contributed by atoms with Crippen LogP contribution in [0.2, 0.25) is 0 Å². The van der Waals surface area contributed by atoms with Gasteiger partial charge in [0.15, 0.2) is 5.78 Å². The van der Waals surface area contributed by atoms with Crippen molar-refractivity contribution in [1.82, 2.24) is 10.2 Å². The number of ether oxygens (including phenoxy) is 1. The van der Waals surface area contributed by atoms with Gasteiger partial charge in [-0.05, 0) is 37.3 Å². The summed E-state index contributed by atoms with van der Waals surface area (Å²) in [6.45, 7) is 13.3. The number of carbonyl (C=O) groups is 1. The van der Waals surface area contributed by atoms with Crippen molar-refractivity contribution < 1.29 is 9.53 Å². The van der Waals surface area contributed by atoms with E-state index in [9.17, 15) is 4.79 Å². The zero-order valence-electron chi connectivity index (χ0n) is 18.5. The van der Waals surface area contributed by atoms with Gasteiger partial charge in [-0.1, -0.05) is 33.3 Å². The Morgan fingerprint density at radius 3 is 2.55 bits per heavy atom. The summed E-state index contributed by atoms with van der Waals surface area (Å²) in [6.07, 6.45) is 5.94. The predicted octanol–water partition coefficient (Wildman–Crippen LogP) is 4.20. The normalized spacial score (nSPS) is 20.9. The molecule has 0 amide bonds. The predicted molar refractivity (Wildman–Crippen MR) is 119 cm³/mol. The van der Waals surface area contributed by atoms with Gasteiger partial charge in [-0.15, -0.1) is 0 Å². The molecule has 1 aliphatic carbocycles. The zero-order valence-corrected chi connectivity index (χ0v) is 18.5. The highest BCUT2D eigenvalue weighted by molar-refractivity contribution is 5.91. The van der Waals surface area contributed by atoms with E-state index in [2.05, 4.69) is 54.1 Å². The topological polar surface area (TPSA) is 44.8 Å². The second kappa shape index (κ2) is 9.66. The summed E-state index contributed by atoms with van der Waals surface area (Å²) in [5, 5.41) is 3.72. The molecular weight excluding hydrogens is 362 g/mol. The Labute approximate surface area is 176 Å². The number of hydrogen-bond donors (Lipinski definition) is 1. The smallest absolute Gasteiger partial charge is 0.157 e.